The van der Waals surface area contributed by atoms with Gasteiger partial charge in [-0.2, -0.15) is 0 Å². The van der Waals surface area contributed by atoms with Crippen LogP contribution in [0.5, 0.6) is 11.5 Å². The van der Waals surface area contributed by atoms with Gasteiger partial charge in [0.25, 0.3) is 5.91 Å². The van der Waals surface area contributed by atoms with Crippen molar-refractivity contribution in [2.75, 3.05) is 12.1 Å². The number of hydrogen-bond donors (Lipinski definition) is 2. The molecule has 2 heterocycles. The van der Waals surface area contributed by atoms with Crippen molar-refractivity contribution >= 4 is 45.0 Å². The van der Waals surface area contributed by atoms with Gasteiger partial charge in [-0.05, 0) is 65.4 Å². The largest absolute Gasteiger partial charge is 0.454 e. The monoisotopic (exact) mass is 393 g/mol. The predicted molar refractivity (Wildman–Crippen MR) is 92.9 cm³/mol. The highest BCUT2D eigenvalue weighted by Gasteiger charge is 2.16. The van der Waals surface area contributed by atoms with E-state index >= 15 is 0 Å². The first kappa shape index (κ1) is 15.7. The highest BCUT2D eigenvalue weighted by atomic mass is 79.9. The van der Waals surface area contributed by atoms with Gasteiger partial charge in [0.1, 0.15) is 5.82 Å². The maximum Gasteiger partial charge on any atom is 0.257 e. The molecule has 0 fully saturated rings. The van der Waals surface area contributed by atoms with Crippen molar-refractivity contribution < 1.29 is 14.3 Å². The SMILES string of the molecule is Cc1nc(NC(=S)NC(=O)c2ccc3c(c2)OCO3)ccc1Br. The zero-order valence-electron chi connectivity index (χ0n) is 12.1. The number of nitrogens with zero attached hydrogens (tertiary/aromatic N) is 1. The van der Waals surface area contributed by atoms with Crippen molar-refractivity contribution in [1.29, 1.82) is 0 Å². The Balaban J connectivity index is 1.65. The molecule has 0 atom stereocenters. The first-order chi connectivity index (χ1) is 11.0. The van der Waals surface area contributed by atoms with Crippen LogP contribution in [0.25, 0.3) is 0 Å². The van der Waals surface area contributed by atoms with Crippen molar-refractivity contribution in [2.45, 2.75) is 6.92 Å². The number of halogens is 1. The first-order valence-corrected chi connectivity index (χ1v) is 7.88. The van der Waals surface area contributed by atoms with Crippen LogP contribution in [0.1, 0.15) is 16.1 Å². The molecule has 8 heteroatoms. The number of fused-ring (bicyclic) bond motifs is 1. The Labute approximate surface area is 146 Å². The fourth-order valence-electron chi connectivity index (χ4n) is 1.97. The summed E-state index contributed by atoms with van der Waals surface area (Å²) in [5.41, 5.74) is 1.25. The molecule has 0 spiro atoms. The van der Waals surface area contributed by atoms with E-state index < -0.39 is 0 Å². The normalized spacial score (nSPS) is 11.9. The van der Waals surface area contributed by atoms with Gasteiger partial charge in [0.2, 0.25) is 6.79 Å². The number of benzene rings is 1. The van der Waals surface area contributed by atoms with E-state index in [4.69, 9.17) is 21.7 Å². The molecule has 0 saturated heterocycles. The third kappa shape index (κ3) is 3.59. The van der Waals surface area contributed by atoms with E-state index in [0.717, 1.165) is 10.2 Å². The van der Waals surface area contributed by atoms with Crippen molar-refractivity contribution in [1.82, 2.24) is 10.3 Å². The van der Waals surface area contributed by atoms with E-state index in [-0.39, 0.29) is 17.8 Å². The Kier molecular flexibility index (Phi) is 4.44. The van der Waals surface area contributed by atoms with Gasteiger partial charge in [-0.3, -0.25) is 10.1 Å². The zero-order chi connectivity index (χ0) is 16.4. The summed E-state index contributed by atoms with van der Waals surface area (Å²) in [7, 11) is 0. The van der Waals surface area contributed by atoms with Crippen LogP contribution in [0.4, 0.5) is 5.82 Å². The number of aryl methyl sites for hydroxylation is 1. The zero-order valence-corrected chi connectivity index (χ0v) is 14.5. The highest BCUT2D eigenvalue weighted by Crippen LogP contribution is 2.32. The van der Waals surface area contributed by atoms with Crippen LogP contribution < -0.4 is 20.1 Å². The van der Waals surface area contributed by atoms with Gasteiger partial charge >= 0.3 is 0 Å². The van der Waals surface area contributed by atoms with E-state index in [9.17, 15) is 4.79 Å². The second-order valence-corrected chi connectivity index (χ2v) is 6.00. The van der Waals surface area contributed by atoms with E-state index in [1.807, 2.05) is 13.0 Å². The molecule has 2 N–H and O–H groups in total. The fraction of sp³-hybridized carbons (Fsp3) is 0.133. The molecule has 1 aliphatic heterocycles. The number of carbonyl (C=O) groups excluding carboxylic acids is 1. The lowest BCUT2D eigenvalue weighted by Gasteiger charge is -2.10. The van der Waals surface area contributed by atoms with E-state index in [1.165, 1.54) is 0 Å². The number of rotatable bonds is 2. The van der Waals surface area contributed by atoms with E-state index in [2.05, 4.69) is 31.5 Å². The third-order valence-electron chi connectivity index (χ3n) is 3.12. The minimum Gasteiger partial charge on any atom is -0.454 e. The molecular weight excluding hydrogens is 382 g/mol. The number of thiocarbonyl (C=S) groups is 1. The summed E-state index contributed by atoms with van der Waals surface area (Å²) < 4.78 is 11.4. The van der Waals surface area contributed by atoms with Crippen LogP contribution >= 0.6 is 28.1 Å². The van der Waals surface area contributed by atoms with Gasteiger partial charge in [-0.15, -0.1) is 0 Å². The summed E-state index contributed by atoms with van der Waals surface area (Å²) in [5, 5.41) is 5.65. The van der Waals surface area contributed by atoms with Gasteiger partial charge in [0, 0.05) is 10.0 Å². The quantitative estimate of drug-likeness (QED) is 0.764. The average Bonchev–Trinajstić information content (AvgIpc) is 2.98. The topological polar surface area (TPSA) is 72.5 Å². The number of nitrogens with one attached hydrogen (secondary N) is 2. The maximum atomic E-state index is 12.2. The van der Waals surface area contributed by atoms with Gasteiger partial charge in [0.15, 0.2) is 16.6 Å². The number of amides is 1. The number of hydrogen-bond acceptors (Lipinski definition) is 5. The third-order valence-corrected chi connectivity index (χ3v) is 4.17. The van der Waals surface area contributed by atoms with Crippen molar-refractivity contribution in [3.05, 3.63) is 46.1 Å². The van der Waals surface area contributed by atoms with Crippen LogP contribution in [0.2, 0.25) is 0 Å². The molecule has 1 aromatic heterocycles. The molecule has 2 aromatic rings. The van der Waals surface area contributed by atoms with Crippen LogP contribution in [0, 0.1) is 6.92 Å². The maximum absolute atomic E-state index is 12.2. The van der Waals surface area contributed by atoms with Gasteiger partial charge < -0.3 is 14.8 Å². The highest BCUT2D eigenvalue weighted by molar-refractivity contribution is 9.10. The lowest BCUT2D eigenvalue weighted by Crippen LogP contribution is -2.34. The summed E-state index contributed by atoms with van der Waals surface area (Å²) >= 11 is 8.51. The number of aromatic nitrogens is 1. The first-order valence-electron chi connectivity index (χ1n) is 6.68. The molecule has 6 nitrogen and oxygen atoms in total. The van der Waals surface area contributed by atoms with Crippen molar-refractivity contribution in [3.63, 3.8) is 0 Å². The molecule has 0 bridgehead atoms. The molecule has 1 aromatic carbocycles. The van der Waals surface area contributed by atoms with Crippen molar-refractivity contribution in [3.8, 4) is 11.5 Å². The number of pyridine rings is 1. The molecule has 118 valence electrons. The van der Waals surface area contributed by atoms with Crippen LogP contribution in [-0.2, 0) is 0 Å². The molecule has 0 radical (unpaired) electrons. The molecule has 0 saturated carbocycles. The number of carbonyl (C=O) groups is 1. The molecular formula is C15H12BrN3O3S. The predicted octanol–water partition coefficient (Wildman–Crippen LogP) is 3.01. The number of ether oxygens (including phenoxy) is 2. The van der Waals surface area contributed by atoms with Crippen molar-refractivity contribution in [2.24, 2.45) is 0 Å². The molecule has 0 unspecified atom stereocenters. The Hall–Kier alpha value is -2.19. The summed E-state index contributed by atoms with van der Waals surface area (Å²) in [6, 6.07) is 8.56. The average molecular weight is 394 g/mol. The van der Waals surface area contributed by atoms with E-state index in [0.29, 0.717) is 22.9 Å². The Morgan fingerprint density at radius 3 is 2.83 bits per heavy atom. The minimum absolute atomic E-state index is 0.162. The minimum atomic E-state index is -0.338. The molecule has 0 aliphatic carbocycles. The van der Waals surface area contributed by atoms with E-state index in [1.54, 1.807) is 24.3 Å². The van der Waals surface area contributed by atoms with Gasteiger partial charge in [-0.1, -0.05) is 0 Å². The Morgan fingerprint density at radius 2 is 2.04 bits per heavy atom. The number of anilines is 1. The molecule has 1 amide bonds. The lowest BCUT2D eigenvalue weighted by molar-refractivity contribution is 0.0977. The summed E-state index contributed by atoms with van der Waals surface area (Å²) in [6.07, 6.45) is 0. The summed E-state index contributed by atoms with van der Waals surface area (Å²) in [4.78, 5) is 16.5. The molecule has 23 heavy (non-hydrogen) atoms. The molecule has 3 rings (SSSR count). The summed E-state index contributed by atoms with van der Waals surface area (Å²) in [5.74, 6) is 1.38. The van der Waals surface area contributed by atoms with Gasteiger partial charge in [0.05, 0.1) is 5.69 Å². The van der Waals surface area contributed by atoms with Crippen LogP contribution in [0.15, 0.2) is 34.8 Å². The van der Waals surface area contributed by atoms with Crippen LogP contribution in [-0.4, -0.2) is 22.8 Å². The Morgan fingerprint density at radius 1 is 1.26 bits per heavy atom. The second kappa shape index (κ2) is 6.51. The smallest absolute Gasteiger partial charge is 0.257 e. The molecule has 1 aliphatic rings. The second-order valence-electron chi connectivity index (χ2n) is 4.74. The lowest BCUT2D eigenvalue weighted by atomic mass is 10.2. The standard InChI is InChI=1S/C15H12BrN3O3S/c1-8-10(16)3-5-13(17-8)18-15(23)19-14(20)9-2-4-11-12(6-9)22-7-21-11/h2-6H,7H2,1H3,(H2,17,18,19,20,23). The Bertz CT molecular complexity index is 798. The fourth-order valence-corrected chi connectivity index (χ4v) is 2.39. The van der Waals surface area contributed by atoms with Gasteiger partial charge in [-0.25, -0.2) is 4.98 Å². The van der Waals surface area contributed by atoms with Crippen LogP contribution in [0.3, 0.4) is 0 Å². The summed E-state index contributed by atoms with van der Waals surface area (Å²) in [6.45, 7) is 2.03.